The lowest BCUT2D eigenvalue weighted by atomic mass is 10.1. The number of hydrogen-bond donors (Lipinski definition) is 1. The maximum Gasteiger partial charge on any atom is 0.290 e. The van der Waals surface area contributed by atoms with Crippen LogP contribution in [-0.4, -0.2) is 15.7 Å². The second-order valence-electron chi connectivity index (χ2n) is 7.09. The van der Waals surface area contributed by atoms with E-state index in [9.17, 15) is 9.59 Å². The van der Waals surface area contributed by atoms with Crippen molar-refractivity contribution in [3.63, 3.8) is 0 Å². The van der Waals surface area contributed by atoms with Gasteiger partial charge in [0.25, 0.3) is 11.1 Å². The third kappa shape index (κ3) is 3.71. The Morgan fingerprint density at radius 1 is 0.742 bits per heavy atom. The van der Waals surface area contributed by atoms with Gasteiger partial charge in [0, 0.05) is 11.3 Å². The molecule has 4 aromatic rings. The summed E-state index contributed by atoms with van der Waals surface area (Å²) in [6, 6.07) is 32.5. The molecule has 3 aromatic carbocycles. The highest BCUT2D eigenvalue weighted by molar-refractivity contribution is 8.18. The molecule has 1 fully saturated rings. The number of carbonyl (C=O) groups excluding carboxylic acids is 2. The van der Waals surface area contributed by atoms with Gasteiger partial charge in [0.1, 0.15) is 0 Å². The van der Waals surface area contributed by atoms with E-state index in [2.05, 4.69) is 52.3 Å². The average Bonchev–Trinajstić information content (AvgIpc) is 3.35. The summed E-state index contributed by atoms with van der Waals surface area (Å²) < 4.78 is 2.20. The molecule has 5 heteroatoms. The molecule has 4 nitrogen and oxygen atoms in total. The molecule has 5 rings (SSSR count). The van der Waals surface area contributed by atoms with E-state index < -0.39 is 0 Å². The monoisotopic (exact) mass is 422 g/mol. The first-order chi connectivity index (χ1) is 15.2. The van der Waals surface area contributed by atoms with E-state index >= 15 is 0 Å². The first-order valence-electron chi connectivity index (χ1n) is 9.87. The zero-order valence-corrected chi connectivity index (χ0v) is 17.3. The molecule has 0 aliphatic carbocycles. The van der Waals surface area contributed by atoms with Crippen LogP contribution in [0.15, 0.2) is 102 Å². The van der Waals surface area contributed by atoms with Crippen LogP contribution in [-0.2, 0) is 4.79 Å². The van der Waals surface area contributed by atoms with Crippen molar-refractivity contribution in [3.8, 4) is 28.2 Å². The molecule has 1 aliphatic rings. The number of imide groups is 1. The quantitative estimate of drug-likeness (QED) is 0.402. The van der Waals surface area contributed by atoms with Gasteiger partial charge in [-0.3, -0.25) is 14.9 Å². The molecule has 1 aromatic heterocycles. The summed E-state index contributed by atoms with van der Waals surface area (Å²) in [5.74, 6) is -0.359. The lowest BCUT2D eigenvalue weighted by Gasteiger charge is -2.15. The van der Waals surface area contributed by atoms with Crippen molar-refractivity contribution in [2.75, 3.05) is 0 Å². The molecule has 1 saturated heterocycles. The summed E-state index contributed by atoms with van der Waals surface area (Å²) in [6.45, 7) is 0. The van der Waals surface area contributed by atoms with Crippen LogP contribution in [0.4, 0.5) is 4.79 Å². The van der Waals surface area contributed by atoms with Gasteiger partial charge in [0.05, 0.1) is 16.3 Å². The van der Waals surface area contributed by atoms with Gasteiger partial charge in [0.15, 0.2) is 0 Å². The highest BCUT2D eigenvalue weighted by Crippen LogP contribution is 2.38. The van der Waals surface area contributed by atoms with Crippen molar-refractivity contribution in [3.05, 3.63) is 108 Å². The minimum Gasteiger partial charge on any atom is -0.309 e. The molecule has 0 atom stereocenters. The van der Waals surface area contributed by atoms with Crippen LogP contribution in [0.25, 0.3) is 34.3 Å². The third-order valence-corrected chi connectivity index (χ3v) is 5.90. The highest BCUT2D eigenvalue weighted by Gasteiger charge is 2.27. The van der Waals surface area contributed by atoms with Gasteiger partial charge in [-0.05, 0) is 47.2 Å². The zero-order chi connectivity index (χ0) is 21.2. The molecular formula is C26H18N2O2S. The molecule has 0 radical (unpaired) electrons. The van der Waals surface area contributed by atoms with Gasteiger partial charge < -0.3 is 4.57 Å². The van der Waals surface area contributed by atoms with Crippen LogP contribution in [0.3, 0.4) is 0 Å². The molecule has 2 amide bonds. The maximum absolute atomic E-state index is 12.2. The van der Waals surface area contributed by atoms with E-state index in [-0.39, 0.29) is 11.1 Å². The van der Waals surface area contributed by atoms with Crippen molar-refractivity contribution in [1.82, 2.24) is 9.88 Å². The number of carbonyl (C=O) groups is 2. The fraction of sp³-hybridized carbons (Fsp3) is 0. The Balaban J connectivity index is 1.83. The van der Waals surface area contributed by atoms with Gasteiger partial charge in [-0.1, -0.05) is 78.9 Å². The van der Waals surface area contributed by atoms with Crippen LogP contribution in [0.1, 0.15) is 5.56 Å². The smallest absolute Gasteiger partial charge is 0.290 e. The molecular weight excluding hydrogens is 404 g/mol. The average molecular weight is 423 g/mol. The second-order valence-corrected chi connectivity index (χ2v) is 8.10. The van der Waals surface area contributed by atoms with Gasteiger partial charge >= 0.3 is 0 Å². The van der Waals surface area contributed by atoms with Gasteiger partial charge in [-0.25, -0.2) is 0 Å². The molecule has 1 aliphatic heterocycles. The summed E-state index contributed by atoms with van der Waals surface area (Å²) >= 11 is 0.931. The Kier molecular flexibility index (Phi) is 5.02. The topological polar surface area (TPSA) is 51.1 Å². The summed E-state index contributed by atoms with van der Waals surface area (Å²) in [5, 5.41) is 2.00. The third-order valence-electron chi connectivity index (χ3n) is 5.09. The Morgan fingerprint density at radius 3 is 1.90 bits per heavy atom. The summed E-state index contributed by atoms with van der Waals surface area (Å²) in [7, 11) is 0. The number of thioether (sulfide) groups is 1. The molecule has 1 N–H and O–H groups in total. The van der Waals surface area contributed by atoms with Crippen molar-refractivity contribution < 1.29 is 9.59 Å². The van der Waals surface area contributed by atoms with Gasteiger partial charge in [0.2, 0.25) is 0 Å². The summed E-state index contributed by atoms with van der Waals surface area (Å²) in [5.41, 5.74) is 5.95. The first-order valence-corrected chi connectivity index (χ1v) is 10.7. The molecule has 0 bridgehead atoms. The molecule has 0 saturated carbocycles. The number of nitrogens with one attached hydrogen (secondary N) is 1. The predicted molar refractivity (Wildman–Crippen MR) is 126 cm³/mol. The lowest BCUT2D eigenvalue weighted by molar-refractivity contribution is -0.115. The number of amides is 2. The first kappa shape index (κ1) is 19.2. The Labute approximate surface area is 184 Å². The van der Waals surface area contributed by atoms with Crippen LogP contribution >= 0.6 is 11.8 Å². The number of hydrogen-bond acceptors (Lipinski definition) is 3. The van der Waals surface area contributed by atoms with E-state index in [1.165, 1.54) is 0 Å². The Bertz CT molecular complexity index is 1290. The summed E-state index contributed by atoms with van der Waals surface area (Å²) in [4.78, 5) is 24.3. The molecule has 0 spiro atoms. The van der Waals surface area contributed by atoms with Crippen molar-refractivity contribution in [2.45, 2.75) is 0 Å². The van der Waals surface area contributed by atoms with Crippen molar-refractivity contribution >= 4 is 29.0 Å². The fourth-order valence-corrected chi connectivity index (χ4v) is 4.43. The molecule has 0 unspecified atom stereocenters. The number of aromatic nitrogens is 1. The van der Waals surface area contributed by atoms with E-state index in [1.54, 1.807) is 6.08 Å². The van der Waals surface area contributed by atoms with Crippen LogP contribution in [0.2, 0.25) is 0 Å². The number of rotatable bonds is 4. The van der Waals surface area contributed by atoms with E-state index in [0.29, 0.717) is 4.91 Å². The SMILES string of the molecule is O=C1NC(=O)/C(=C\c2cc(-c3ccccc3)n(-c3ccccc3)c2-c2ccccc2)S1. The van der Waals surface area contributed by atoms with Crippen LogP contribution in [0, 0.1) is 0 Å². The van der Waals surface area contributed by atoms with Gasteiger partial charge in [-0.2, -0.15) is 0 Å². The van der Waals surface area contributed by atoms with E-state index in [1.807, 2.05) is 54.6 Å². The van der Waals surface area contributed by atoms with Crippen LogP contribution in [0.5, 0.6) is 0 Å². The summed E-state index contributed by atoms with van der Waals surface area (Å²) in [6.07, 6.45) is 1.80. The predicted octanol–water partition coefficient (Wildman–Crippen LogP) is 6.14. The standard InChI is InChI=1S/C26H18N2O2S/c29-25-23(31-26(30)27-25)17-20-16-22(18-10-4-1-5-11-18)28(21-14-8-3-9-15-21)24(20)19-12-6-2-7-13-19/h1-17H,(H,27,29,30)/b23-17+. The minimum absolute atomic E-state index is 0.344. The highest BCUT2D eigenvalue weighted by atomic mass is 32.2. The Morgan fingerprint density at radius 2 is 1.32 bits per heavy atom. The second kappa shape index (κ2) is 8.13. The number of nitrogens with zero attached hydrogens (tertiary/aromatic N) is 1. The zero-order valence-electron chi connectivity index (χ0n) is 16.5. The lowest BCUT2D eigenvalue weighted by Crippen LogP contribution is -2.17. The normalized spacial score (nSPS) is 14.8. The molecule has 31 heavy (non-hydrogen) atoms. The minimum atomic E-state index is -0.359. The molecule has 2 heterocycles. The Hall–Kier alpha value is -3.83. The largest absolute Gasteiger partial charge is 0.309 e. The number of benzene rings is 3. The fourth-order valence-electron chi connectivity index (χ4n) is 3.76. The maximum atomic E-state index is 12.2. The van der Waals surface area contributed by atoms with E-state index in [0.717, 1.165) is 45.5 Å². The molecule has 150 valence electrons. The van der Waals surface area contributed by atoms with Crippen molar-refractivity contribution in [2.24, 2.45) is 0 Å². The van der Waals surface area contributed by atoms with Crippen LogP contribution < -0.4 is 5.32 Å². The van der Waals surface area contributed by atoms with E-state index in [4.69, 9.17) is 0 Å². The number of para-hydroxylation sites is 1. The van der Waals surface area contributed by atoms with Gasteiger partial charge in [-0.15, -0.1) is 0 Å². The van der Waals surface area contributed by atoms with Crippen molar-refractivity contribution in [1.29, 1.82) is 0 Å².